The number of nitrogens with two attached hydrogens (primary N) is 1. The number of ether oxygens (including phenoxy) is 2. The monoisotopic (exact) mass is 506 g/mol. The van der Waals surface area contributed by atoms with E-state index < -0.39 is 33.1 Å². The van der Waals surface area contributed by atoms with Gasteiger partial charge in [-0.3, -0.25) is 4.79 Å². The van der Waals surface area contributed by atoms with Crippen molar-refractivity contribution in [2.75, 3.05) is 12.1 Å². The maximum atomic E-state index is 13.7. The quantitative estimate of drug-likeness (QED) is 0.523. The molecule has 0 spiro atoms. The van der Waals surface area contributed by atoms with Gasteiger partial charge in [0.05, 0.1) is 15.9 Å². The Labute approximate surface area is 200 Å². The summed E-state index contributed by atoms with van der Waals surface area (Å²) in [4.78, 5) is 13.0. The molecule has 1 saturated carbocycles. The Morgan fingerprint density at radius 3 is 2.40 bits per heavy atom. The summed E-state index contributed by atoms with van der Waals surface area (Å²) in [5.74, 6) is 0.631. The highest BCUT2D eigenvalue weighted by Crippen LogP contribution is 2.51. The third kappa shape index (κ3) is 4.44. The van der Waals surface area contributed by atoms with E-state index in [0.29, 0.717) is 29.9 Å². The summed E-state index contributed by atoms with van der Waals surface area (Å²) in [5, 5.41) is 7.79. The summed E-state index contributed by atoms with van der Waals surface area (Å²) >= 11 is 0. The second-order valence-electron chi connectivity index (χ2n) is 8.47. The van der Waals surface area contributed by atoms with Crippen LogP contribution < -0.4 is 19.9 Å². The van der Waals surface area contributed by atoms with Crippen molar-refractivity contribution in [2.24, 2.45) is 5.14 Å². The van der Waals surface area contributed by atoms with Gasteiger partial charge in [-0.05, 0) is 72.0 Å². The molecule has 11 heteroatoms. The number of hydrogen-bond donors (Lipinski definition) is 2. The van der Waals surface area contributed by atoms with Gasteiger partial charge >= 0.3 is 6.18 Å². The lowest BCUT2D eigenvalue weighted by atomic mass is 9.94. The lowest BCUT2D eigenvalue weighted by Gasteiger charge is -2.18. The Bertz CT molecular complexity index is 1460. The highest BCUT2D eigenvalue weighted by molar-refractivity contribution is 7.89. The van der Waals surface area contributed by atoms with Crippen LogP contribution in [-0.2, 0) is 26.4 Å². The number of primary sulfonamides is 1. The van der Waals surface area contributed by atoms with Crippen LogP contribution in [0.3, 0.4) is 0 Å². The van der Waals surface area contributed by atoms with Gasteiger partial charge in [0, 0.05) is 7.11 Å². The summed E-state index contributed by atoms with van der Waals surface area (Å²) < 4.78 is 75.0. The molecular formula is C24H21F3N2O5S. The molecule has 1 aliphatic heterocycles. The minimum absolute atomic E-state index is 0. The summed E-state index contributed by atoms with van der Waals surface area (Å²) in [7, 11) is -4.06. The molecule has 3 N–H and O–H groups in total. The third-order valence-corrected chi connectivity index (χ3v) is 7.03. The number of anilines is 1. The first-order chi connectivity index (χ1) is 16.5. The number of nitrogens with one attached hydrogen (secondary N) is 1. The number of carbonyl (C=O) groups is 1. The Morgan fingerprint density at radius 1 is 0.971 bits per heavy atom. The highest BCUT2D eigenvalue weighted by Gasteiger charge is 2.51. The minimum atomic E-state index is -4.69. The van der Waals surface area contributed by atoms with Gasteiger partial charge in [0.25, 0.3) is 0 Å². The molecule has 1 amide bonds. The predicted octanol–water partition coefficient (Wildman–Crippen LogP) is 4.66. The van der Waals surface area contributed by atoms with Gasteiger partial charge < -0.3 is 14.8 Å². The van der Waals surface area contributed by atoms with Gasteiger partial charge in [-0.1, -0.05) is 18.2 Å². The van der Waals surface area contributed by atoms with Crippen molar-refractivity contribution in [3.05, 3.63) is 71.8 Å². The van der Waals surface area contributed by atoms with E-state index >= 15 is 0 Å². The Balaban J connectivity index is 0.00000304. The fourth-order valence-electron chi connectivity index (χ4n) is 4.10. The summed E-state index contributed by atoms with van der Waals surface area (Å²) in [6.45, 7) is 0.0810. The van der Waals surface area contributed by atoms with Crippen molar-refractivity contribution < 1.29 is 37.3 Å². The van der Waals surface area contributed by atoms with E-state index in [1.165, 1.54) is 30.3 Å². The zero-order valence-corrected chi connectivity index (χ0v) is 18.9. The van der Waals surface area contributed by atoms with E-state index in [-0.39, 0.29) is 29.9 Å². The van der Waals surface area contributed by atoms with Gasteiger partial charge in [0.15, 0.2) is 11.5 Å². The van der Waals surface area contributed by atoms with Crippen LogP contribution in [0.2, 0.25) is 0 Å². The van der Waals surface area contributed by atoms with Crippen molar-refractivity contribution in [3.8, 4) is 22.6 Å². The molecule has 1 aliphatic carbocycles. The Kier molecular flexibility index (Phi) is 5.29. The zero-order chi connectivity index (χ0) is 25.0. The van der Waals surface area contributed by atoms with Gasteiger partial charge in [-0.2, -0.15) is 13.2 Å². The number of benzene rings is 3. The number of fused-ring (bicyclic) bond motifs is 1. The van der Waals surface area contributed by atoms with Crippen molar-refractivity contribution in [3.63, 3.8) is 0 Å². The lowest BCUT2D eigenvalue weighted by Crippen LogP contribution is -2.28. The van der Waals surface area contributed by atoms with E-state index in [0.717, 1.165) is 12.1 Å². The molecule has 0 radical (unpaired) electrons. The molecule has 0 bridgehead atoms. The van der Waals surface area contributed by atoms with Crippen LogP contribution in [0.1, 0.15) is 25.4 Å². The number of amides is 1. The van der Waals surface area contributed by atoms with Crippen LogP contribution >= 0.6 is 0 Å². The SMILES string of the molecule is NS(=O)(=O)c1cccc(-c2cc(NC(=O)C3(c4ccc5c(c4)OCO5)CC3)cc(C(F)(F)F)c2)c1.[HH]. The fourth-order valence-corrected chi connectivity index (χ4v) is 4.66. The standard InChI is InChI=1S/C24H19F3N2O5S.H2/c25-24(26,27)17-8-15(14-2-1-3-19(10-14)35(28,31)32)9-18(11-17)29-22(30)23(6-7-23)16-4-5-20-21(12-16)34-13-33-20;/h1-5,8-12H,6-7,13H2,(H,29,30)(H2,28,31,32);1H. The van der Waals surface area contributed by atoms with Crippen LogP contribution in [0.25, 0.3) is 11.1 Å². The maximum absolute atomic E-state index is 13.7. The number of hydrogen-bond acceptors (Lipinski definition) is 5. The summed E-state index contributed by atoms with van der Waals surface area (Å²) in [6, 6.07) is 13.5. The number of alkyl halides is 3. The maximum Gasteiger partial charge on any atom is 0.416 e. The van der Waals surface area contributed by atoms with Gasteiger partial charge in [0.1, 0.15) is 0 Å². The molecule has 0 saturated heterocycles. The second-order valence-corrected chi connectivity index (χ2v) is 10.0. The van der Waals surface area contributed by atoms with Crippen molar-refractivity contribution in [1.29, 1.82) is 0 Å². The summed E-state index contributed by atoms with van der Waals surface area (Å²) in [5.41, 5.74) is -0.967. The lowest BCUT2D eigenvalue weighted by molar-refractivity contribution is -0.137. The van der Waals surface area contributed by atoms with Crippen LogP contribution in [0.4, 0.5) is 18.9 Å². The average Bonchev–Trinajstić information content (AvgIpc) is 3.49. The zero-order valence-electron chi connectivity index (χ0n) is 18.1. The number of sulfonamides is 1. The molecule has 7 nitrogen and oxygen atoms in total. The van der Waals surface area contributed by atoms with Crippen molar-refractivity contribution in [2.45, 2.75) is 29.3 Å². The average molecular weight is 507 g/mol. The van der Waals surface area contributed by atoms with Gasteiger partial charge in [-0.25, -0.2) is 13.6 Å². The van der Waals surface area contributed by atoms with E-state index in [9.17, 15) is 26.4 Å². The van der Waals surface area contributed by atoms with Crippen LogP contribution in [0.15, 0.2) is 65.6 Å². The minimum Gasteiger partial charge on any atom is -0.454 e. The van der Waals surface area contributed by atoms with E-state index in [2.05, 4.69) is 5.32 Å². The molecule has 0 aromatic heterocycles. The molecular weight excluding hydrogens is 485 g/mol. The van der Waals surface area contributed by atoms with E-state index in [1.54, 1.807) is 18.2 Å². The highest BCUT2D eigenvalue weighted by atomic mass is 32.2. The van der Waals surface area contributed by atoms with Gasteiger partial charge in [-0.15, -0.1) is 0 Å². The molecule has 1 fully saturated rings. The fraction of sp³-hybridized carbons (Fsp3) is 0.208. The first-order valence-electron chi connectivity index (χ1n) is 10.5. The van der Waals surface area contributed by atoms with Crippen molar-refractivity contribution in [1.82, 2.24) is 0 Å². The first kappa shape index (κ1) is 23.2. The smallest absolute Gasteiger partial charge is 0.416 e. The van der Waals surface area contributed by atoms with Crippen LogP contribution in [0, 0.1) is 0 Å². The second kappa shape index (κ2) is 7.99. The Morgan fingerprint density at radius 2 is 1.71 bits per heavy atom. The summed E-state index contributed by atoms with van der Waals surface area (Å²) in [6.07, 6.45) is -3.64. The van der Waals surface area contributed by atoms with Gasteiger partial charge in [0.2, 0.25) is 22.7 Å². The topological polar surface area (TPSA) is 108 Å². The van der Waals surface area contributed by atoms with Crippen LogP contribution in [0.5, 0.6) is 11.5 Å². The molecule has 3 aromatic carbocycles. The molecule has 0 unspecified atom stereocenters. The number of halogens is 3. The van der Waals surface area contributed by atoms with E-state index in [1.807, 2.05) is 0 Å². The third-order valence-electron chi connectivity index (χ3n) is 6.12. The van der Waals surface area contributed by atoms with Crippen LogP contribution in [-0.4, -0.2) is 21.1 Å². The molecule has 3 aromatic rings. The first-order valence-corrected chi connectivity index (χ1v) is 12.1. The number of carbonyl (C=O) groups excluding carboxylic acids is 1. The normalized spacial score (nSPS) is 16.1. The van der Waals surface area contributed by atoms with E-state index in [4.69, 9.17) is 14.6 Å². The molecule has 35 heavy (non-hydrogen) atoms. The predicted molar refractivity (Wildman–Crippen MR) is 122 cm³/mol. The largest absolute Gasteiger partial charge is 0.454 e. The molecule has 2 aliphatic rings. The molecule has 1 heterocycles. The van der Waals surface area contributed by atoms with Crippen molar-refractivity contribution >= 4 is 21.6 Å². The molecule has 0 atom stereocenters. The molecule has 5 rings (SSSR count). The Hall–Kier alpha value is -3.57. The molecule has 184 valence electrons. The number of rotatable bonds is 5.